The van der Waals surface area contributed by atoms with Gasteiger partial charge >= 0.3 is 5.97 Å². The summed E-state index contributed by atoms with van der Waals surface area (Å²) in [6.07, 6.45) is 6.47. The number of hydrogen-bond acceptors (Lipinski definition) is 4. The van der Waals surface area contributed by atoms with Crippen LogP contribution in [0.25, 0.3) is 0 Å². The second kappa shape index (κ2) is 6.87. The first-order valence-electron chi connectivity index (χ1n) is 9.89. The lowest BCUT2D eigenvalue weighted by atomic mass is 9.79. The largest absolute Gasteiger partial charge is 0.478 e. The second-order valence-electron chi connectivity index (χ2n) is 8.55. The van der Waals surface area contributed by atoms with Gasteiger partial charge in [0.15, 0.2) is 0 Å². The molecule has 0 saturated carbocycles. The maximum Gasteiger partial charge on any atom is 0.335 e. The van der Waals surface area contributed by atoms with Gasteiger partial charge < -0.3 is 10.0 Å². The summed E-state index contributed by atoms with van der Waals surface area (Å²) in [6, 6.07) is 3.05. The molecule has 1 unspecified atom stereocenters. The molecule has 2 saturated heterocycles. The normalized spacial score (nSPS) is 27.0. The van der Waals surface area contributed by atoms with E-state index in [9.17, 15) is 18.3 Å². The first-order valence-corrected chi connectivity index (χ1v) is 11.3. The predicted molar refractivity (Wildman–Crippen MR) is 103 cm³/mol. The zero-order valence-electron chi connectivity index (χ0n) is 15.9. The molecule has 4 rings (SSSR count). The molecule has 0 bridgehead atoms. The van der Waals surface area contributed by atoms with Gasteiger partial charge in [0.05, 0.1) is 10.5 Å². The molecule has 2 fully saturated rings. The Kier molecular flexibility index (Phi) is 4.81. The van der Waals surface area contributed by atoms with E-state index in [1.54, 1.807) is 10.4 Å². The Balaban J connectivity index is 1.70. The monoisotopic (exact) mass is 392 g/mol. The molecule has 7 heteroatoms. The van der Waals surface area contributed by atoms with Gasteiger partial charge in [-0.3, -0.25) is 0 Å². The first-order chi connectivity index (χ1) is 12.8. The maximum absolute atomic E-state index is 13.5. The highest BCUT2D eigenvalue weighted by Gasteiger charge is 2.45. The standard InChI is InChI=1S/C20H28N2O4S/c1-21-9-4-7-20(13-21)8-10-22(14-20)27(25,26)18-12-16(19(23)24)11-15-5-2-3-6-17(15)18/h11-12H,2-10,13-14H2,1H3,(H,23,24). The summed E-state index contributed by atoms with van der Waals surface area (Å²) >= 11 is 0. The molecular weight excluding hydrogens is 364 g/mol. The Morgan fingerprint density at radius 1 is 1.07 bits per heavy atom. The van der Waals surface area contributed by atoms with E-state index in [0.717, 1.165) is 62.7 Å². The van der Waals surface area contributed by atoms with Crippen molar-refractivity contribution < 1.29 is 18.3 Å². The number of benzene rings is 1. The molecule has 1 aromatic rings. The molecule has 1 spiro atoms. The lowest BCUT2D eigenvalue weighted by Gasteiger charge is -2.38. The Bertz CT molecular complexity index is 867. The molecule has 148 valence electrons. The van der Waals surface area contributed by atoms with Gasteiger partial charge in [0, 0.05) is 19.6 Å². The average molecular weight is 393 g/mol. The molecular formula is C20H28N2O4S. The van der Waals surface area contributed by atoms with Crippen molar-refractivity contribution in [2.24, 2.45) is 5.41 Å². The molecule has 2 aliphatic heterocycles. The molecule has 1 aliphatic carbocycles. The van der Waals surface area contributed by atoms with E-state index in [-0.39, 0.29) is 15.9 Å². The number of carboxylic acid groups (broad SMARTS) is 1. The van der Waals surface area contributed by atoms with Crippen LogP contribution in [-0.4, -0.2) is 61.9 Å². The van der Waals surface area contributed by atoms with Crippen molar-refractivity contribution in [2.45, 2.75) is 49.8 Å². The predicted octanol–water partition coefficient (Wildman–Crippen LogP) is 2.37. The van der Waals surface area contributed by atoms with Crippen LogP contribution in [0.2, 0.25) is 0 Å². The number of piperidine rings is 1. The lowest BCUT2D eigenvalue weighted by Crippen LogP contribution is -2.43. The van der Waals surface area contributed by atoms with Crippen LogP contribution in [0.4, 0.5) is 0 Å². The van der Waals surface area contributed by atoms with Gasteiger partial charge in [0.25, 0.3) is 0 Å². The Labute approximate surface area is 161 Å². The second-order valence-corrected chi connectivity index (χ2v) is 10.5. The lowest BCUT2D eigenvalue weighted by molar-refractivity contribution is 0.0696. The zero-order chi connectivity index (χ0) is 19.2. The van der Waals surface area contributed by atoms with Crippen LogP contribution in [0.1, 0.15) is 53.6 Å². The quantitative estimate of drug-likeness (QED) is 0.854. The number of fused-ring (bicyclic) bond motifs is 1. The SMILES string of the molecule is CN1CCCC2(CCN(S(=O)(=O)c3cc(C(=O)O)cc4c3CCCC4)C2)C1. The van der Waals surface area contributed by atoms with Gasteiger partial charge in [-0.15, -0.1) is 0 Å². The zero-order valence-corrected chi connectivity index (χ0v) is 16.7. The minimum atomic E-state index is -3.68. The van der Waals surface area contributed by atoms with Gasteiger partial charge in [0.2, 0.25) is 10.0 Å². The highest BCUT2D eigenvalue weighted by molar-refractivity contribution is 7.89. The summed E-state index contributed by atoms with van der Waals surface area (Å²) in [6.45, 7) is 3.09. The molecule has 27 heavy (non-hydrogen) atoms. The summed E-state index contributed by atoms with van der Waals surface area (Å²) in [7, 11) is -1.58. The van der Waals surface area contributed by atoms with Gasteiger partial charge in [-0.25, -0.2) is 13.2 Å². The fraction of sp³-hybridized carbons (Fsp3) is 0.650. The van der Waals surface area contributed by atoms with Crippen molar-refractivity contribution in [3.05, 3.63) is 28.8 Å². The highest BCUT2D eigenvalue weighted by atomic mass is 32.2. The molecule has 0 aromatic heterocycles. The summed E-state index contributed by atoms with van der Waals surface area (Å²) < 4.78 is 28.6. The fourth-order valence-electron chi connectivity index (χ4n) is 5.21. The summed E-state index contributed by atoms with van der Waals surface area (Å²) in [5.74, 6) is -1.06. The third-order valence-electron chi connectivity index (χ3n) is 6.54. The van der Waals surface area contributed by atoms with Crippen LogP contribution in [0.5, 0.6) is 0 Å². The van der Waals surface area contributed by atoms with Crippen LogP contribution >= 0.6 is 0 Å². The van der Waals surface area contributed by atoms with Crippen LogP contribution < -0.4 is 0 Å². The number of rotatable bonds is 3. The fourth-order valence-corrected chi connectivity index (χ4v) is 7.08. The van der Waals surface area contributed by atoms with Crippen molar-refractivity contribution in [2.75, 3.05) is 33.2 Å². The number of sulfonamides is 1. The van der Waals surface area contributed by atoms with E-state index in [1.165, 1.54) is 6.07 Å². The van der Waals surface area contributed by atoms with Gasteiger partial charge in [0.1, 0.15) is 0 Å². The van der Waals surface area contributed by atoms with Gasteiger partial charge in [-0.2, -0.15) is 4.31 Å². The van der Waals surface area contributed by atoms with Crippen molar-refractivity contribution in [1.82, 2.24) is 9.21 Å². The van der Waals surface area contributed by atoms with E-state index in [2.05, 4.69) is 11.9 Å². The summed E-state index contributed by atoms with van der Waals surface area (Å²) in [5, 5.41) is 9.46. The third kappa shape index (κ3) is 3.41. The van der Waals surface area contributed by atoms with Gasteiger partial charge in [-0.1, -0.05) is 0 Å². The summed E-state index contributed by atoms with van der Waals surface area (Å²) in [5.41, 5.74) is 1.87. The Morgan fingerprint density at radius 2 is 1.85 bits per heavy atom. The molecule has 2 heterocycles. The topological polar surface area (TPSA) is 77.9 Å². The van der Waals surface area contributed by atoms with E-state index >= 15 is 0 Å². The minimum absolute atomic E-state index is 0.0462. The van der Waals surface area contributed by atoms with E-state index in [4.69, 9.17) is 0 Å². The molecule has 1 aromatic carbocycles. The number of nitrogens with zero attached hydrogens (tertiary/aromatic N) is 2. The molecule has 3 aliphatic rings. The van der Waals surface area contributed by atoms with Crippen LogP contribution in [0, 0.1) is 5.41 Å². The van der Waals surface area contributed by atoms with E-state index in [0.29, 0.717) is 19.5 Å². The first kappa shape index (κ1) is 18.9. The smallest absolute Gasteiger partial charge is 0.335 e. The Hall–Kier alpha value is -1.44. The van der Waals surface area contributed by atoms with Crippen molar-refractivity contribution >= 4 is 16.0 Å². The van der Waals surface area contributed by atoms with Crippen LogP contribution in [0.3, 0.4) is 0 Å². The molecule has 1 atom stereocenters. The van der Waals surface area contributed by atoms with Crippen molar-refractivity contribution in [3.63, 3.8) is 0 Å². The number of likely N-dealkylation sites (tertiary alicyclic amines) is 1. The maximum atomic E-state index is 13.5. The van der Waals surface area contributed by atoms with Crippen LogP contribution in [0.15, 0.2) is 17.0 Å². The number of hydrogen-bond donors (Lipinski definition) is 1. The molecule has 0 amide bonds. The van der Waals surface area contributed by atoms with Crippen molar-refractivity contribution in [3.8, 4) is 0 Å². The van der Waals surface area contributed by atoms with Crippen molar-refractivity contribution in [1.29, 1.82) is 0 Å². The number of carbonyl (C=O) groups is 1. The van der Waals surface area contributed by atoms with E-state index in [1.807, 2.05) is 0 Å². The third-order valence-corrected chi connectivity index (χ3v) is 8.46. The van der Waals surface area contributed by atoms with Crippen LogP contribution in [-0.2, 0) is 22.9 Å². The number of aryl methyl sites for hydroxylation is 1. The highest BCUT2D eigenvalue weighted by Crippen LogP contribution is 2.41. The molecule has 1 N–H and O–H groups in total. The number of aromatic carboxylic acids is 1. The van der Waals surface area contributed by atoms with E-state index < -0.39 is 16.0 Å². The average Bonchev–Trinajstić information content (AvgIpc) is 3.04. The molecule has 0 radical (unpaired) electrons. The summed E-state index contributed by atoms with van der Waals surface area (Å²) in [4.78, 5) is 14.1. The van der Waals surface area contributed by atoms with Gasteiger partial charge in [-0.05, 0) is 87.2 Å². The Morgan fingerprint density at radius 3 is 2.59 bits per heavy atom. The molecule has 6 nitrogen and oxygen atoms in total. The minimum Gasteiger partial charge on any atom is -0.478 e. The number of carboxylic acids is 1.